The van der Waals surface area contributed by atoms with E-state index in [-0.39, 0.29) is 23.9 Å². The number of rotatable bonds is 7. The van der Waals surface area contributed by atoms with Gasteiger partial charge >= 0.3 is 0 Å². The zero-order chi connectivity index (χ0) is 24.7. The van der Waals surface area contributed by atoms with Crippen LogP contribution in [0.15, 0.2) is 23.0 Å². The van der Waals surface area contributed by atoms with Gasteiger partial charge in [0.25, 0.3) is 11.5 Å². The minimum Gasteiger partial charge on any atom is -0.482 e. The molecule has 1 unspecified atom stereocenters. The van der Waals surface area contributed by atoms with Gasteiger partial charge in [0, 0.05) is 10.4 Å². The highest BCUT2D eigenvalue weighted by molar-refractivity contribution is 7.18. The number of anilines is 1. The van der Waals surface area contributed by atoms with E-state index in [2.05, 4.69) is 24.1 Å². The van der Waals surface area contributed by atoms with Crippen LogP contribution in [0.3, 0.4) is 0 Å². The molecule has 0 fully saturated rings. The first-order valence-corrected chi connectivity index (χ1v) is 13.1. The van der Waals surface area contributed by atoms with Gasteiger partial charge in [-0.05, 0) is 69.5 Å². The van der Waals surface area contributed by atoms with Crippen LogP contribution in [0.4, 0.5) is 5.69 Å². The third-order valence-corrected chi connectivity index (χ3v) is 8.20. The van der Waals surface area contributed by atoms with Gasteiger partial charge in [0.1, 0.15) is 16.4 Å². The van der Waals surface area contributed by atoms with Crippen molar-refractivity contribution in [2.45, 2.75) is 59.0 Å². The zero-order valence-electron chi connectivity index (χ0n) is 20.3. The molecule has 0 radical (unpaired) electrons. The van der Waals surface area contributed by atoms with Crippen LogP contribution in [0.5, 0.6) is 5.75 Å². The number of aryl methyl sites for hydroxylation is 2. The number of nitrogens with zero attached hydrogens (tertiary/aromatic N) is 3. The van der Waals surface area contributed by atoms with Crippen molar-refractivity contribution in [1.29, 1.82) is 0 Å². The third-order valence-electron chi connectivity index (χ3n) is 7.02. The van der Waals surface area contributed by atoms with E-state index in [0.717, 1.165) is 49.2 Å². The van der Waals surface area contributed by atoms with Gasteiger partial charge in [0.2, 0.25) is 0 Å². The second-order valence-electron chi connectivity index (χ2n) is 9.14. The Morgan fingerprint density at radius 3 is 2.77 bits per heavy atom. The van der Waals surface area contributed by atoms with Crippen LogP contribution in [-0.2, 0) is 24.2 Å². The van der Waals surface area contributed by atoms with Gasteiger partial charge in [-0.2, -0.15) is 0 Å². The Morgan fingerprint density at radius 1 is 1.23 bits per heavy atom. The van der Waals surface area contributed by atoms with Gasteiger partial charge in [-0.1, -0.05) is 13.8 Å². The molecule has 1 N–H and O–H groups in total. The Bertz CT molecular complexity index is 1370. The van der Waals surface area contributed by atoms with Crippen molar-refractivity contribution in [3.63, 3.8) is 0 Å². The molecule has 1 aliphatic carbocycles. The lowest BCUT2D eigenvalue weighted by Gasteiger charge is -2.24. The Balaban J connectivity index is 1.61. The molecular weight excluding hydrogens is 464 g/mol. The molecule has 0 saturated carbocycles. The summed E-state index contributed by atoms with van der Waals surface area (Å²) in [4.78, 5) is 48.6. The quantitative estimate of drug-likeness (QED) is 0.500. The summed E-state index contributed by atoms with van der Waals surface area (Å²) in [5.41, 5.74) is 1.86. The second kappa shape index (κ2) is 9.54. The lowest BCUT2D eigenvalue weighted by atomic mass is 9.97. The van der Waals surface area contributed by atoms with Gasteiger partial charge in [-0.15, -0.1) is 11.3 Å². The van der Waals surface area contributed by atoms with Crippen molar-refractivity contribution < 1.29 is 14.3 Å². The molecule has 184 valence electrons. The minimum atomic E-state index is -0.748. The molecule has 35 heavy (non-hydrogen) atoms. The highest BCUT2D eigenvalue weighted by atomic mass is 32.1. The second-order valence-corrected chi connectivity index (χ2v) is 10.2. The summed E-state index contributed by atoms with van der Waals surface area (Å²) in [5, 5.41) is 3.43. The smallest absolute Gasteiger partial charge is 0.263 e. The molecule has 2 aromatic heterocycles. The number of ether oxygens (including phenoxy) is 1. The predicted octanol–water partition coefficient (Wildman–Crippen LogP) is 3.95. The van der Waals surface area contributed by atoms with Crippen molar-refractivity contribution in [3.8, 4) is 5.75 Å². The molecule has 0 spiro atoms. The van der Waals surface area contributed by atoms with Crippen LogP contribution in [0.1, 0.15) is 66.3 Å². The predicted molar refractivity (Wildman–Crippen MR) is 137 cm³/mol. The average molecular weight is 495 g/mol. The Hall–Kier alpha value is -3.04. The summed E-state index contributed by atoms with van der Waals surface area (Å²) >= 11 is 1.63. The monoisotopic (exact) mass is 494 g/mol. The number of fused-ring (bicyclic) bond motifs is 4. The van der Waals surface area contributed by atoms with Crippen LogP contribution in [-0.4, -0.2) is 45.8 Å². The van der Waals surface area contributed by atoms with Crippen molar-refractivity contribution in [2.24, 2.45) is 0 Å². The largest absolute Gasteiger partial charge is 0.482 e. The number of amides is 1. The fourth-order valence-electron chi connectivity index (χ4n) is 5.01. The maximum Gasteiger partial charge on any atom is 0.263 e. The topological polar surface area (TPSA) is 93.5 Å². The number of thiophene rings is 1. The summed E-state index contributed by atoms with van der Waals surface area (Å²) in [6.45, 7) is 8.00. The highest BCUT2D eigenvalue weighted by Crippen LogP contribution is 2.35. The lowest BCUT2D eigenvalue weighted by molar-refractivity contribution is -0.118. The van der Waals surface area contributed by atoms with Crippen LogP contribution in [0.25, 0.3) is 10.2 Å². The molecule has 2 aliphatic rings. The lowest BCUT2D eigenvalue weighted by Crippen LogP contribution is -2.35. The molecule has 3 aromatic rings. The zero-order valence-corrected chi connectivity index (χ0v) is 21.2. The van der Waals surface area contributed by atoms with E-state index in [1.54, 1.807) is 41.0 Å². The molecule has 1 aliphatic heterocycles. The van der Waals surface area contributed by atoms with E-state index >= 15 is 0 Å². The normalized spacial score (nSPS) is 15.9. The maximum absolute atomic E-state index is 14.0. The number of hydrogen-bond acceptors (Lipinski definition) is 7. The van der Waals surface area contributed by atoms with Crippen molar-refractivity contribution in [2.75, 3.05) is 25.0 Å². The fraction of sp³-hybridized carbons (Fsp3) is 0.462. The van der Waals surface area contributed by atoms with Crippen LogP contribution < -0.4 is 15.6 Å². The number of carbonyl (C=O) groups is 2. The van der Waals surface area contributed by atoms with E-state index in [0.29, 0.717) is 34.8 Å². The SMILES string of the molecule is CCN(CC)Cc1nc2sc3c(c2c(=O)n1C(C)C(=O)c1ccc2c(c1)NC(=O)CO2)CCCC3. The molecule has 3 heterocycles. The van der Waals surface area contributed by atoms with Crippen molar-refractivity contribution >= 4 is 38.9 Å². The average Bonchev–Trinajstić information content (AvgIpc) is 3.24. The van der Waals surface area contributed by atoms with Crippen molar-refractivity contribution in [3.05, 3.63) is 50.4 Å². The minimum absolute atomic E-state index is 0.0442. The molecule has 9 heteroatoms. The first-order valence-electron chi connectivity index (χ1n) is 12.3. The molecule has 8 nitrogen and oxygen atoms in total. The molecule has 0 saturated heterocycles. The first-order chi connectivity index (χ1) is 16.9. The summed E-state index contributed by atoms with van der Waals surface area (Å²) in [5.74, 6) is 0.673. The number of aromatic nitrogens is 2. The molecular formula is C26H30N4O4S. The Labute approximate surface area is 207 Å². The highest BCUT2D eigenvalue weighted by Gasteiger charge is 2.28. The van der Waals surface area contributed by atoms with E-state index < -0.39 is 6.04 Å². The number of Topliss-reactive ketones (excluding diaryl/α,β-unsaturated/α-hetero) is 1. The third kappa shape index (κ3) is 4.27. The van der Waals surface area contributed by atoms with Crippen LogP contribution in [0.2, 0.25) is 0 Å². The van der Waals surface area contributed by atoms with Crippen molar-refractivity contribution in [1.82, 2.24) is 14.5 Å². The Morgan fingerprint density at radius 2 is 2.00 bits per heavy atom. The van der Waals surface area contributed by atoms with E-state index in [1.165, 1.54) is 4.88 Å². The molecule has 1 aromatic carbocycles. The van der Waals surface area contributed by atoms with E-state index in [1.807, 2.05) is 0 Å². The van der Waals surface area contributed by atoms with E-state index in [9.17, 15) is 14.4 Å². The van der Waals surface area contributed by atoms with Gasteiger partial charge in [-0.3, -0.25) is 23.9 Å². The standard InChI is InChI=1S/C26H30N4O4S/c1-4-29(5-2)13-21-28-25-23(17-8-6-7-9-20(17)35-25)26(33)30(21)15(3)24(32)16-10-11-19-18(12-16)27-22(31)14-34-19/h10-12,15H,4-9,13-14H2,1-3H3,(H,27,31). The van der Waals surface area contributed by atoms with Gasteiger partial charge < -0.3 is 10.1 Å². The van der Waals surface area contributed by atoms with E-state index in [4.69, 9.17) is 9.72 Å². The van der Waals surface area contributed by atoms with Gasteiger partial charge in [0.15, 0.2) is 12.4 Å². The molecule has 0 bridgehead atoms. The van der Waals surface area contributed by atoms with Crippen LogP contribution >= 0.6 is 11.3 Å². The summed E-state index contributed by atoms with van der Waals surface area (Å²) in [6, 6.07) is 4.24. The number of ketones is 1. The maximum atomic E-state index is 14.0. The Kier molecular flexibility index (Phi) is 6.46. The van der Waals surface area contributed by atoms with Crippen LogP contribution in [0, 0.1) is 0 Å². The number of hydrogen-bond donors (Lipinski definition) is 1. The first kappa shape index (κ1) is 23.7. The number of benzene rings is 1. The summed E-state index contributed by atoms with van der Waals surface area (Å²) in [6.07, 6.45) is 4.07. The summed E-state index contributed by atoms with van der Waals surface area (Å²) in [7, 11) is 0. The molecule has 5 rings (SSSR count). The summed E-state index contributed by atoms with van der Waals surface area (Å²) < 4.78 is 7.02. The molecule has 1 amide bonds. The number of nitrogens with one attached hydrogen (secondary N) is 1. The molecule has 1 atom stereocenters. The van der Waals surface area contributed by atoms with Gasteiger partial charge in [0.05, 0.1) is 23.7 Å². The van der Waals surface area contributed by atoms with Gasteiger partial charge in [-0.25, -0.2) is 4.98 Å². The number of carbonyl (C=O) groups excluding carboxylic acids is 2. The fourth-order valence-corrected chi connectivity index (χ4v) is 6.28.